The van der Waals surface area contributed by atoms with Crippen molar-refractivity contribution >= 4 is 0 Å². The fraction of sp³-hybridized carbons (Fsp3) is 0.500. The molecule has 56 valence electrons. The van der Waals surface area contributed by atoms with Gasteiger partial charge in [-0.2, -0.15) is 10.4 Å². The Morgan fingerprint density at radius 1 is 1.73 bits per heavy atom. The molecular weight excluding hydrogens is 138 g/mol. The van der Waals surface area contributed by atoms with Crippen LogP contribution in [0.2, 0.25) is 0 Å². The van der Waals surface area contributed by atoms with Crippen molar-refractivity contribution in [3.8, 4) is 6.07 Å². The maximum atomic E-state index is 8.82. The van der Waals surface area contributed by atoms with Crippen LogP contribution < -0.4 is 0 Å². The molecular formula is C8H9N3. The molecule has 11 heavy (non-hydrogen) atoms. The maximum absolute atomic E-state index is 8.82. The third-order valence-electron chi connectivity index (χ3n) is 2.17. The van der Waals surface area contributed by atoms with Crippen LogP contribution in [0.3, 0.4) is 0 Å². The monoisotopic (exact) mass is 147 g/mol. The zero-order valence-corrected chi connectivity index (χ0v) is 6.41. The second-order valence-corrected chi connectivity index (χ2v) is 3.07. The molecule has 1 aliphatic carbocycles. The maximum Gasteiger partial charge on any atom is 0.101 e. The fourth-order valence-electron chi connectivity index (χ4n) is 1.22. The molecule has 0 radical (unpaired) electrons. The normalized spacial score (nSPS) is 19.3. The second-order valence-electron chi connectivity index (χ2n) is 3.07. The summed E-state index contributed by atoms with van der Waals surface area (Å²) in [7, 11) is 1.87. The van der Waals surface area contributed by atoms with Gasteiger partial charge in [0.2, 0.25) is 0 Å². The van der Waals surface area contributed by atoms with Gasteiger partial charge in [0.15, 0.2) is 0 Å². The Labute approximate surface area is 65.3 Å². The molecule has 0 aromatic carbocycles. The van der Waals surface area contributed by atoms with E-state index in [1.54, 1.807) is 4.68 Å². The Balaban J connectivity index is 2.38. The van der Waals surface area contributed by atoms with Crippen LogP contribution in [0.1, 0.15) is 18.5 Å². The molecule has 1 saturated carbocycles. The topological polar surface area (TPSA) is 41.6 Å². The first-order valence-electron chi connectivity index (χ1n) is 3.68. The Kier molecular flexibility index (Phi) is 1.08. The molecule has 0 amide bonds. The molecule has 0 atom stereocenters. The molecule has 0 aliphatic heterocycles. The number of nitrogens with zero attached hydrogens (tertiary/aromatic N) is 3. The van der Waals surface area contributed by atoms with Gasteiger partial charge in [0.25, 0.3) is 0 Å². The number of nitriles is 1. The van der Waals surface area contributed by atoms with Gasteiger partial charge in [-0.25, -0.2) is 0 Å². The van der Waals surface area contributed by atoms with Gasteiger partial charge in [0, 0.05) is 13.2 Å². The summed E-state index contributed by atoms with van der Waals surface area (Å²) in [5.74, 6) is 0. The highest BCUT2D eigenvalue weighted by molar-refractivity contribution is 5.32. The van der Waals surface area contributed by atoms with Crippen LogP contribution in [0.15, 0.2) is 12.3 Å². The zero-order chi connectivity index (χ0) is 7.90. The highest BCUT2D eigenvalue weighted by Gasteiger charge is 2.46. The van der Waals surface area contributed by atoms with E-state index in [0.717, 1.165) is 18.5 Å². The van der Waals surface area contributed by atoms with Crippen molar-refractivity contribution in [1.29, 1.82) is 5.26 Å². The third-order valence-corrected chi connectivity index (χ3v) is 2.17. The van der Waals surface area contributed by atoms with E-state index in [-0.39, 0.29) is 5.41 Å². The Hall–Kier alpha value is -1.30. The van der Waals surface area contributed by atoms with Crippen LogP contribution in [0.5, 0.6) is 0 Å². The highest BCUT2D eigenvalue weighted by atomic mass is 15.3. The molecule has 3 nitrogen and oxygen atoms in total. The largest absolute Gasteiger partial charge is 0.275 e. The van der Waals surface area contributed by atoms with Crippen LogP contribution in [0.25, 0.3) is 0 Å². The van der Waals surface area contributed by atoms with Crippen LogP contribution in [-0.2, 0) is 12.5 Å². The van der Waals surface area contributed by atoms with Gasteiger partial charge in [0.05, 0.1) is 11.8 Å². The molecule has 1 aromatic heterocycles. The molecule has 3 heteroatoms. The number of rotatable bonds is 1. The van der Waals surface area contributed by atoms with Crippen LogP contribution in [-0.4, -0.2) is 9.78 Å². The predicted molar refractivity (Wildman–Crippen MR) is 39.7 cm³/mol. The van der Waals surface area contributed by atoms with E-state index in [9.17, 15) is 0 Å². The van der Waals surface area contributed by atoms with E-state index in [4.69, 9.17) is 5.26 Å². The minimum atomic E-state index is -0.221. The molecule has 1 heterocycles. The number of aromatic nitrogens is 2. The Bertz CT molecular complexity index is 314. The molecule has 0 spiro atoms. The van der Waals surface area contributed by atoms with E-state index in [1.807, 2.05) is 19.3 Å². The summed E-state index contributed by atoms with van der Waals surface area (Å²) in [6.45, 7) is 0. The lowest BCUT2D eigenvalue weighted by atomic mass is 10.1. The molecule has 1 aromatic rings. The molecule has 0 saturated heterocycles. The van der Waals surface area contributed by atoms with Crippen LogP contribution >= 0.6 is 0 Å². The summed E-state index contributed by atoms with van der Waals surface area (Å²) < 4.78 is 1.74. The quantitative estimate of drug-likeness (QED) is 0.594. The van der Waals surface area contributed by atoms with Crippen LogP contribution in [0, 0.1) is 11.3 Å². The SMILES string of the molecule is Cn1ccc(C2(C#N)CC2)n1. The summed E-state index contributed by atoms with van der Waals surface area (Å²) in [4.78, 5) is 0. The first kappa shape index (κ1) is 6.41. The van der Waals surface area contributed by atoms with E-state index in [1.165, 1.54) is 0 Å². The van der Waals surface area contributed by atoms with E-state index in [0.29, 0.717) is 0 Å². The van der Waals surface area contributed by atoms with Crippen molar-refractivity contribution in [3.63, 3.8) is 0 Å². The van der Waals surface area contributed by atoms with Crippen molar-refractivity contribution in [2.75, 3.05) is 0 Å². The summed E-state index contributed by atoms with van der Waals surface area (Å²) in [6, 6.07) is 4.23. The molecule has 0 N–H and O–H groups in total. The first-order chi connectivity index (χ1) is 5.27. The van der Waals surface area contributed by atoms with E-state index in [2.05, 4.69) is 11.2 Å². The van der Waals surface area contributed by atoms with Crippen molar-refractivity contribution in [2.24, 2.45) is 7.05 Å². The summed E-state index contributed by atoms with van der Waals surface area (Å²) >= 11 is 0. The van der Waals surface area contributed by atoms with E-state index < -0.39 is 0 Å². The standard InChI is InChI=1S/C8H9N3/c1-11-5-2-7(10-11)8(6-9)3-4-8/h2,5H,3-4H2,1H3. The van der Waals surface area contributed by atoms with Crippen molar-refractivity contribution in [2.45, 2.75) is 18.3 Å². The lowest BCUT2D eigenvalue weighted by Gasteiger charge is -1.97. The van der Waals surface area contributed by atoms with Gasteiger partial charge >= 0.3 is 0 Å². The first-order valence-corrected chi connectivity index (χ1v) is 3.68. The van der Waals surface area contributed by atoms with Gasteiger partial charge in [-0.1, -0.05) is 0 Å². The smallest absolute Gasteiger partial charge is 0.101 e. The molecule has 0 unspecified atom stereocenters. The average molecular weight is 147 g/mol. The Morgan fingerprint density at radius 2 is 2.45 bits per heavy atom. The molecule has 1 aliphatic rings. The minimum absolute atomic E-state index is 0.221. The molecule has 1 fully saturated rings. The van der Waals surface area contributed by atoms with E-state index >= 15 is 0 Å². The lowest BCUT2D eigenvalue weighted by Crippen LogP contribution is -2.04. The minimum Gasteiger partial charge on any atom is -0.275 e. The average Bonchev–Trinajstić information content (AvgIpc) is 2.70. The summed E-state index contributed by atoms with van der Waals surface area (Å²) in [5, 5.41) is 13.0. The zero-order valence-electron chi connectivity index (χ0n) is 6.41. The van der Waals surface area contributed by atoms with Gasteiger partial charge in [0.1, 0.15) is 5.41 Å². The van der Waals surface area contributed by atoms with Crippen molar-refractivity contribution in [3.05, 3.63) is 18.0 Å². The highest BCUT2D eigenvalue weighted by Crippen LogP contribution is 2.46. The van der Waals surface area contributed by atoms with Gasteiger partial charge < -0.3 is 0 Å². The molecule has 2 rings (SSSR count). The van der Waals surface area contributed by atoms with Crippen molar-refractivity contribution < 1.29 is 0 Å². The summed E-state index contributed by atoms with van der Waals surface area (Å²) in [5.41, 5.74) is 0.712. The van der Waals surface area contributed by atoms with Crippen molar-refractivity contribution in [1.82, 2.24) is 9.78 Å². The van der Waals surface area contributed by atoms with Gasteiger partial charge in [-0.3, -0.25) is 4.68 Å². The predicted octanol–water partition coefficient (Wildman–Crippen LogP) is 0.975. The number of aryl methyl sites for hydroxylation is 1. The van der Waals surface area contributed by atoms with Gasteiger partial charge in [-0.05, 0) is 18.9 Å². The number of hydrogen-bond donors (Lipinski definition) is 0. The second kappa shape index (κ2) is 1.85. The fourth-order valence-corrected chi connectivity index (χ4v) is 1.22. The third kappa shape index (κ3) is 0.829. The Morgan fingerprint density at radius 3 is 2.82 bits per heavy atom. The lowest BCUT2D eigenvalue weighted by molar-refractivity contribution is 0.718. The van der Waals surface area contributed by atoms with Gasteiger partial charge in [-0.15, -0.1) is 0 Å². The molecule has 0 bridgehead atoms. The summed E-state index contributed by atoms with van der Waals surface area (Å²) in [6.07, 6.45) is 3.83. The number of hydrogen-bond acceptors (Lipinski definition) is 2. The van der Waals surface area contributed by atoms with Crippen LogP contribution in [0.4, 0.5) is 0 Å².